The molecule has 1 N–H and O–H groups in total. The largest absolute Gasteiger partial charge is 0.489 e. The summed E-state index contributed by atoms with van der Waals surface area (Å²) in [6.45, 7) is 0.428. The second kappa shape index (κ2) is 10.6. The van der Waals surface area contributed by atoms with E-state index in [9.17, 15) is 9.59 Å². The third-order valence-electron chi connectivity index (χ3n) is 5.23. The van der Waals surface area contributed by atoms with Crippen LogP contribution in [0.4, 0.5) is 5.69 Å². The van der Waals surface area contributed by atoms with Gasteiger partial charge in [-0.25, -0.2) is 0 Å². The molecule has 2 aromatic carbocycles. The Balaban J connectivity index is 1.59. The van der Waals surface area contributed by atoms with Crippen LogP contribution in [0.25, 0.3) is 0 Å². The first kappa shape index (κ1) is 22.9. The molecule has 4 rings (SSSR count). The van der Waals surface area contributed by atoms with Crippen LogP contribution in [0.15, 0.2) is 66.0 Å². The number of benzene rings is 2. The van der Waals surface area contributed by atoms with E-state index in [4.69, 9.17) is 22.8 Å². The number of hydrogen-bond acceptors (Lipinski definition) is 4. The van der Waals surface area contributed by atoms with Crippen molar-refractivity contribution in [3.05, 3.63) is 81.5 Å². The zero-order valence-corrected chi connectivity index (χ0v) is 19.4. The van der Waals surface area contributed by atoms with E-state index < -0.39 is 11.9 Å². The van der Waals surface area contributed by atoms with Crippen LogP contribution >= 0.6 is 22.9 Å². The SMILES string of the molecule is C#CC(=O)N(c1ccc(OC2CC2)c(Cl)c1)C(C(=O)NCCc1ccccc1)c1cccs1. The molecule has 33 heavy (non-hydrogen) atoms. The predicted molar refractivity (Wildman–Crippen MR) is 132 cm³/mol. The summed E-state index contributed by atoms with van der Waals surface area (Å²) in [5.74, 6) is 1.77. The van der Waals surface area contributed by atoms with Crippen molar-refractivity contribution in [2.45, 2.75) is 31.4 Å². The lowest BCUT2D eigenvalue weighted by Gasteiger charge is -2.29. The van der Waals surface area contributed by atoms with E-state index in [2.05, 4.69) is 11.2 Å². The molecule has 1 aromatic heterocycles. The molecule has 1 heterocycles. The molecule has 0 aliphatic heterocycles. The van der Waals surface area contributed by atoms with Crippen LogP contribution in [0.5, 0.6) is 5.75 Å². The van der Waals surface area contributed by atoms with Crippen LogP contribution in [-0.4, -0.2) is 24.5 Å². The number of nitrogens with zero attached hydrogens (tertiary/aromatic N) is 1. The first-order chi connectivity index (χ1) is 16.1. The van der Waals surface area contributed by atoms with Gasteiger partial charge in [0.05, 0.1) is 11.1 Å². The zero-order valence-electron chi connectivity index (χ0n) is 17.9. The number of thiophene rings is 1. The highest BCUT2D eigenvalue weighted by Crippen LogP contribution is 2.37. The Morgan fingerprint density at radius 3 is 2.61 bits per heavy atom. The predicted octanol–water partition coefficient (Wildman–Crippen LogP) is 5.01. The molecule has 0 radical (unpaired) electrons. The molecule has 2 amide bonds. The molecular weight excluding hydrogens is 456 g/mol. The van der Waals surface area contributed by atoms with Gasteiger partial charge in [-0.3, -0.25) is 14.5 Å². The van der Waals surface area contributed by atoms with Crippen molar-refractivity contribution < 1.29 is 14.3 Å². The summed E-state index contributed by atoms with van der Waals surface area (Å²) >= 11 is 7.82. The van der Waals surface area contributed by atoms with Gasteiger partial charge in [0.2, 0.25) is 5.91 Å². The number of carbonyl (C=O) groups is 2. The van der Waals surface area contributed by atoms with Gasteiger partial charge in [0.15, 0.2) is 6.04 Å². The molecule has 1 atom stereocenters. The summed E-state index contributed by atoms with van der Waals surface area (Å²) in [5, 5.41) is 5.18. The second-order valence-electron chi connectivity index (χ2n) is 7.70. The van der Waals surface area contributed by atoms with Gasteiger partial charge >= 0.3 is 5.91 Å². The van der Waals surface area contributed by atoms with Gasteiger partial charge < -0.3 is 10.1 Å². The van der Waals surface area contributed by atoms with E-state index in [1.165, 1.54) is 16.2 Å². The number of nitrogens with one attached hydrogen (secondary N) is 1. The van der Waals surface area contributed by atoms with E-state index in [0.717, 1.165) is 18.4 Å². The van der Waals surface area contributed by atoms with Crippen molar-refractivity contribution in [2.75, 3.05) is 11.4 Å². The first-order valence-electron chi connectivity index (χ1n) is 10.7. The number of rotatable bonds is 9. The molecule has 0 spiro atoms. The minimum atomic E-state index is -0.921. The quantitative estimate of drug-likeness (QED) is 0.440. The lowest BCUT2D eigenvalue weighted by Crippen LogP contribution is -2.43. The van der Waals surface area contributed by atoms with E-state index in [1.54, 1.807) is 18.2 Å². The van der Waals surface area contributed by atoms with Crippen LogP contribution in [0.2, 0.25) is 5.02 Å². The standard InChI is InChI=1S/C26H23ClN2O3S/c1-2-24(30)29(19-10-13-22(21(27)17-19)32-20-11-12-20)25(23-9-6-16-33-23)26(31)28-15-14-18-7-4-3-5-8-18/h1,3-10,13,16-17,20,25H,11-12,14-15H2,(H,28,31). The smallest absolute Gasteiger partial charge is 0.303 e. The van der Waals surface area contributed by atoms with Crippen molar-refractivity contribution in [3.8, 4) is 18.1 Å². The number of amides is 2. The van der Waals surface area contributed by atoms with E-state index in [1.807, 2.05) is 47.8 Å². The third kappa shape index (κ3) is 5.75. The van der Waals surface area contributed by atoms with E-state index >= 15 is 0 Å². The molecule has 1 aliphatic carbocycles. The zero-order chi connectivity index (χ0) is 23.2. The fourth-order valence-electron chi connectivity index (χ4n) is 3.45. The molecule has 1 fully saturated rings. The highest BCUT2D eigenvalue weighted by atomic mass is 35.5. The van der Waals surface area contributed by atoms with Gasteiger partial charge in [-0.05, 0) is 60.4 Å². The number of hydrogen-bond donors (Lipinski definition) is 1. The molecule has 7 heteroatoms. The molecule has 1 saturated carbocycles. The van der Waals surface area contributed by atoms with Gasteiger partial charge in [-0.15, -0.1) is 17.8 Å². The topological polar surface area (TPSA) is 58.6 Å². The van der Waals surface area contributed by atoms with Gasteiger partial charge in [0, 0.05) is 17.1 Å². The van der Waals surface area contributed by atoms with Gasteiger partial charge in [-0.1, -0.05) is 48.0 Å². The van der Waals surface area contributed by atoms with Crippen LogP contribution in [0.3, 0.4) is 0 Å². The van der Waals surface area contributed by atoms with Crippen molar-refractivity contribution >= 4 is 40.4 Å². The van der Waals surface area contributed by atoms with Gasteiger partial charge in [-0.2, -0.15) is 0 Å². The number of ether oxygens (including phenoxy) is 1. The molecular formula is C26H23ClN2O3S. The highest BCUT2D eigenvalue weighted by molar-refractivity contribution is 7.10. The molecule has 1 unspecified atom stereocenters. The van der Waals surface area contributed by atoms with Gasteiger partial charge in [0.25, 0.3) is 0 Å². The van der Waals surface area contributed by atoms with Crippen LogP contribution in [-0.2, 0) is 16.0 Å². The Bertz CT molecular complexity index is 1150. The Kier molecular flexibility index (Phi) is 7.33. The average molecular weight is 479 g/mol. The maximum Gasteiger partial charge on any atom is 0.303 e. The van der Waals surface area contributed by atoms with Crippen molar-refractivity contribution in [3.63, 3.8) is 0 Å². The molecule has 1 aliphatic rings. The normalized spacial score (nSPS) is 13.6. The number of carbonyl (C=O) groups excluding carboxylic acids is 2. The number of halogens is 1. The Morgan fingerprint density at radius 2 is 1.97 bits per heavy atom. The number of terminal acetylenes is 1. The van der Waals surface area contributed by atoms with Crippen LogP contribution in [0.1, 0.15) is 29.3 Å². The molecule has 5 nitrogen and oxygen atoms in total. The lowest BCUT2D eigenvalue weighted by atomic mass is 10.1. The maximum atomic E-state index is 13.3. The fraction of sp³-hybridized carbons (Fsp3) is 0.231. The Hall–Kier alpha value is -3.27. The molecule has 0 saturated heterocycles. The Labute approximate surface area is 202 Å². The minimum Gasteiger partial charge on any atom is -0.489 e. The second-order valence-corrected chi connectivity index (χ2v) is 9.08. The highest BCUT2D eigenvalue weighted by Gasteiger charge is 2.33. The Morgan fingerprint density at radius 1 is 1.18 bits per heavy atom. The number of anilines is 1. The molecule has 168 valence electrons. The van der Waals surface area contributed by atoms with Crippen LogP contribution < -0.4 is 15.0 Å². The van der Waals surface area contributed by atoms with E-state index in [-0.39, 0.29) is 12.0 Å². The van der Waals surface area contributed by atoms with Gasteiger partial charge in [0.1, 0.15) is 5.75 Å². The first-order valence-corrected chi connectivity index (χ1v) is 11.9. The van der Waals surface area contributed by atoms with E-state index in [0.29, 0.717) is 34.3 Å². The summed E-state index contributed by atoms with van der Waals surface area (Å²) in [5.41, 5.74) is 1.54. The maximum absolute atomic E-state index is 13.3. The minimum absolute atomic E-state index is 0.186. The summed E-state index contributed by atoms with van der Waals surface area (Å²) < 4.78 is 5.80. The summed E-state index contributed by atoms with van der Waals surface area (Å²) in [7, 11) is 0. The third-order valence-corrected chi connectivity index (χ3v) is 6.45. The fourth-order valence-corrected chi connectivity index (χ4v) is 4.48. The molecule has 0 bridgehead atoms. The van der Waals surface area contributed by atoms with Crippen molar-refractivity contribution in [1.82, 2.24) is 5.32 Å². The summed E-state index contributed by atoms with van der Waals surface area (Å²) in [6.07, 6.45) is 8.36. The van der Waals surface area contributed by atoms with Crippen molar-refractivity contribution in [1.29, 1.82) is 0 Å². The average Bonchev–Trinajstić information content (AvgIpc) is 3.49. The summed E-state index contributed by atoms with van der Waals surface area (Å²) in [4.78, 5) is 28.2. The monoisotopic (exact) mass is 478 g/mol. The van der Waals surface area contributed by atoms with Crippen LogP contribution in [0, 0.1) is 12.3 Å². The lowest BCUT2D eigenvalue weighted by molar-refractivity contribution is -0.125. The summed E-state index contributed by atoms with van der Waals surface area (Å²) in [6, 6.07) is 17.6. The molecule has 3 aromatic rings. The van der Waals surface area contributed by atoms with Crippen molar-refractivity contribution in [2.24, 2.45) is 0 Å².